The van der Waals surface area contributed by atoms with E-state index in [1.54, 1.807) is 7.11 Å². The van der Waals surface area contributed by atoms with Gasteiger partial charge in [-0.2, -0.15) is 0 Å². The highest BCUT2D eigenvalue weighted by Gasteiger charge is 2.34. The highest BCUT2D eigenvalue weighted by Crippen LogP contribution is 2.36. The van der Waals surface area contributed by atoms with Crippen LogP contribution in [0.25, 0.3) is 10.9 Å². The van der Waals surface area contributed by atoms with Crippen LogP contribution in [0.2, 0.25) is 0 Å². The van der Waals surface area contributed by atoms with Crippen molar-refractivity contribution in [3.63, 3.8) is 0 Å². The fraction of sp³-hybridized carbons (Fsp3) is 0.368. The van der Waals surface area contributed by atoms with E-state index in [1.807, 2.05) is 43.0 Å². The molecule has 1 aliphatic heterocycles. The number of likely N-dealkylation sites (tertiary alicyclic amines) is 1. The van der Waals surface area contributed by atoms with Gasteiger partial charge in [0.2, 0.25) is 0 Å². The Hall–Kier alpha value is -2.76. The topological polar surface area (TPSA) is 71.4 Å². The Bertz CT molecular complexity index is 921. The third kappa shape index (κ3) is 2.58. The van der Waals surface area contributed by atoms with E-state index in [2.05, 4.69) is 10.1 Å². The summed E-state index contributed by atoms with van der Waals surface area (Å²) in [5.74, 6) is 1.58. The predicted octanol–water partition coefficient (Wildman–Crippen LogP) is 3.76. The maximum atomic E-state index is 13.1. The number of amides is 1. The van der Waals surface area contributed by atoms with E-state index in [-0.39, 0.29) is 11.9 Å². The van der Waals surface area contributed by atoms with Crippen LogP contribution < -0.4 is 4.74 Å². The second kappa shape index (κ2) is 5.95. The van der Waals surface area contributed by atoms with Crippen molar-refractivity contribution in [2.75, 3.05) is 13.7 Å². The Kier molecular flexibility index (Phi) is 3.75. The highest BCUT2D eigenvalue weighted by molar-refractivity contribution is 5.98. The molecule has 3 aromatic rings. The van der Waals surface area contributed by atoms with E-state index in [9.17, 15) is 4.79 Å². The normalized spacial score (nSPS) is 17.4. The van der Waals surface area contributed by atoms with Gasteiger partial charge >= 0.3 is 0 Å². The molecule has 1 N–H and O–H groups in total. The molecule has 1 amide bonds. The first-order chi connectivity index (χ1) is 12.1. The number of fused-ring (bicyclic) bond motifs is 1. The molecule has 1 atom stereocenters. The van der Waals surface area contributed by atoms with Gasteiger partial charge in [0.25, 0.3) is 5.91 Å². The largest absolute Gasteiger partial charge is 0.497 e. The van der Waals surface area contributed by atoms with Gasteiger partial charge in [-0.05, 0) is 51.0 Å². The molecule has 1 fully saturated rings. The standard InChI is InChI=1S/C19H21N3O3/c1-11-18(12(2)25-21-11)17-5-4-8-22(17)19(23)16-10-13-9-14(24-3)6-7-15(13)20-16/h6-7,9-10,17,20H,4-5,8H2,1-3H3. The number of aryl methyl sites for hydroxylation is 2. The third-order valence-electron chi connectivity index (χ3n) is 4.99. The fourth-order valence-electron chi connectivity index (χ4n) is 3.78. The molecule has 6 nitrogen and oxygen atoms in total. The number of ether oxygens (including phenoxy) is 1. The number of nitrogens with one attached hydrogen (secondary N) is 1. The summed E-state index contributed by atoms with van der Waals surface area (Å²) in [6.07, 6.45) is 1.91. The van der Waals surface area contributed by atoms with Gasteiger partial charge in [-0.1, -0.05) is 5.16 Å². The van der Waals surface area contributed by atoms with Crippen molar-refractivity contribution in [1.82, 2.24) is 15.0 Å². The molecule has 1 aliphatic rings. The number of hydrogen-bond acceptors (Lipinski definition) is 4. The number of aromatic nitrogens is 2. The molecule has 0 radical (unpaired) electrons. The average molecular weight is 339 g/mol. The minimum absolute atomic E-state index is 0.0117. The summed E-state index contributed by atoms with van der Waals surface area (Å²) in [4.78, 5) is 18.3. The van der Waals surface area contributed by atoms with Gasteiger partial charge in [-0.15, -0.1) is 0 Å². The van der Waals surface area contributed by atoms with Crippen molar-refractivity contribution in [3.05, 3.63) is 47.0 Å². The second-order valence-electron chi connectivity index (χ2n) is 6.53. The van der Waals surface area contributed by atoms with E-state index in [0.29, 0.717) is 5.69 Å². The quantitative estimate of drug-likeness (QED) is 0.789. The zero-order valence-electron chi connectivity index (χ0n) is 14.6. The van der Waals surface area contributed by atoms with Crippen molar-refractivity contribution < 1.29 is 14.1 Å². The van der Waals surface area contributed by atoms with E-state index in [0.717, 1.165) is 53.1 Å². The number of H-pyrrole nitrogens is 1. The summed E-state index contributed by atoms with van der Waals surface area (Å²) in [5, 5.41) is 5.01. The molecule has 130 valence electrons. The van der Waals surface area contributed by atoms with Crippen LogP contribution >= 0.6 is 0 Å². The van der Waals surface area contributed by atoms with Crippen molar-refractivity contribution in [2.45, 2.75) is 32.7 Å². The monoisotopic (exact) mass is 339 g/mol. The first-order valence-electron chi connectivity index (χ1n) is 8.49. The smallest absolute Gasteiger partial charge is 0.270 e. The molecule has 1 saturated heterocycles. The SMILES string of the molecule is COc1ccc2[nH]c(C(=O)N3CCCC3c3c(C)noc3C)cc2c1. The zero-order valence-corrected chi connectivity index (χ0v) is 14.6. The maximum Gasteiger partial charge on any atom is 0.270 e. The number of methoxy groups -OCH3 is 1. The number of carbonyl (C=O) groups excluding carboxylic acids is 1. The first-order valence-corrected chi connectivity index (χ1v) is 8.49. The molecule has 0 saturated carbocycles. The molecule has 0 spiro atoms. The minimum atomic E-state index is 0.0117. The summed E-state index contributed by atoms with van der Waals surface area (Å²) in [6.45, 7) is 4.58. The van der Waals surface area contributed by atoms with Gasteiger partial charge in [-0.3, -0.25) is 4.79 Å². The van der Waals surface area contributed by atoms with E-state index < -0.39 is 0 Å². The molecule has 1 unspecified atom stereocenters. The second-order valence-corrected chi connectivity index (χ2v) is 6.53. The summed E-state index contributed by atoms with van der Waals surface area (Å²) in [6, 6.07) is 7.66. The van der Waals surface area contributed by atoms with Gasteiger partial charge in [0.1, 0.15) is 17.2 Å². The molecular weight excluding hydrogens is 318 g/mol. The number of rotatable bonds is 3. The lowest BCUT2D eigenvalue weighted by molar-refractivity contribution is 0.0729. The molecule has 6 heteroatoms. The molecule has 0 bridgehead atoms. The summed E-state index contributed by atoms with van der Waals surface area (Å²) >= 11 is 0. The lowest BCUT2D eigenvalue weighted by Crippen LogP contribution is -2.31. The van der Waals surface area contributed by atoms with Crippen LogP contribution in [0.5, 0.6) is 5.75 Å². The fourth-order valence-corrected chi connectivity index (χ4v) is 3.78. The highest BCUT2D eigenvalue weighted by atomic mass is 16.5. The molecular formula is C19H21N3O3. The van der Waals surface area contributed by atoms with Gasteiger partial charge in [-0.25, -0.2) is 0 Å². The van der Waals surface area contributed by atoms with Crippen LogP contribution in [0.1, 0.15) is 46.4 Å². The van der Waals surface area contributed by atoms with Crippen LogP contribution in [0.4, 0.5) is 0 Å². The van der Waals surface area contributed by atoms with E-state index in [4.69, 9.17) is 9.26 Å². The predicted molar refractivity (Wildman–Crippen MR) is 93.8 cm³/mol. The van der Waals surface area contributed by atoms with Gasteiger partial charge in [0.15, 0.2) is 0 Å². The molecule has 0 aliphatic carbocycles. The maximum absolute atomic E-state index is 13.1. The van der Waals surface area contributed by atoms with Crippen LogP contribution in [0.15, 0.2) is 28.8 Å². The number of nitrogens with zero attached hydrogens (tertiary/aromatic N) is 2. The molecule has 1 aromatic carbocycles. The summed E-state index contributed by atoms with van der Waals surface area (Å²) in [7, 11) is 1.64. The number of aromatic amines is 1. The summed E-state index contributed by atoms with van der Waals surface area (Å²) in [5.41, 5.74) is 3.44. The van der Waals surface area contributed by atoms with Crippen molar-refractivity contribution in [1.29, 1.82) is 0 Å². The first kappa shape index (κ1) is 15.7. The Labute approximate surface area is 145 Å². The van der Waals surface area contributed by atoms with Crippen molar-refractivity contribution >= 4 is 16.8 Å². The van der Waals surface area contributed by atoms with Gasteiger partial charge < -0.3 is 19.1 Å². The molecule has 2 aromatic heterocycles. The Morgan fingerprint density at radius 1 is 1.36 bits per heavy atom. The average Bonchev–Trinajstić information content (AvgIpc) is 3.32. The van der Waals surface area contributed by atoms with Crippen LogP contribution in [0.3, 0.4) is 0 Å². The molecule has 3 heterocycles. The number of carbonyl (C=O) groups is 1. The Morgan fingerprint density at radius 3 is 2.92 bits per heavy atom. The third-order valence-corrected chi connectivity index (χ3v) is 4.99. The van der Waals surface area contributed by atoms with Gasteiger partial charge in [0.05, 0.1) is 18.8 Å². The Balaban J connectivity index is 1.68. The van der Waals surface area contributed by atoms with Crippen molar-refractivity contribution in [2.24, 2.45) is 0 Å². The van der Waals surface area contributed by atoms with E-state index in [1.165, 1.54) is 0 Å². The minimum Gasteiger partial charge on any atom is -0.497 e. The number of hydrogen-bond donors (Lipinski definition) is 1. The van der Waals surface area contributed by atoms with Crippen LogP contribution in [-0.4, -0.2) is 34.6 Å². The van der Waals surface area contributed by atoms with E-state index >= 15 is 0 Å². The lowest BCUT2D eigenvalue weighted by Gasteiger charge is -2.24. The number of benzene rings is 1. The van der Waals surface area contributed by atoms with Crippen LogP contribution in [-0.2, 0) is 0 Å². The van der Waals surface area contributed by atoms with Crippen molar-refractivity contribution in [3.8, 4) is 5.75 Å². The zero-order chi connectivity index (χ0) is 17.6. The summed E-state index contributed by atoms with van der Waals surface area (Å²) < 4.78 is 10.6. The van der Waals surface area contributed by atoms with Crippen LogP contribution in [0, 0.1) is 13.8 Å². The molecule has 4 rings (SSSR count). The Morgan fingerprint density at radius 2 is 2.20 bits per heavy atom. The van der Waals surface area contributed by atoms with Gasteiger partial charge in [0, 0.05) is 23.0 Å². The lowest BCUT2D eigenvalue weighted by atomic mass is 10.0. The molecule has 25 heavy (non-hydrogen) atoms.